The second-order valence-electron chi connectivity index (χ2n) is 11.5. The summed E-state index contributed by atoms with van der Waals surface area (Å²) < 4.78 is 0. The van der Waals surface area contributed by atoms with Crippen molar-refractivity contribution in [3.63, 3.8) is 0 Å². The van der Waals surface area contributed by atoms with Crippen molar-refractivity contribution in [2.24, 2.45) is 22.2 Å². The van der Waals surface area contributed by atoms with E-state index in [9.17, 15) is 0 Å². The highest BCUT2D eigenvalue weighted by Gasteiger charge is 2.26. The molecule has 0 heteroatoms. The smallest absolute Gasteiger partial charge is 0.0230 e. The first kappa shape index (κ1) is 31.6. The molecule has 1 aliphatic carbocycles. The van der Waals surface area contributed by atoms with Gasteiger partial charge in [-0.1, -0.05) is 126 Å². The van der Waals surface area contributed by atoms with E-state index >= 15 is 0 Å². The number of rotatable bonds is 3. The zero-order chi connectivity index (χ0) is 20.4. The summed E-state index contributed by atoms with van der Waals surface area (Å²) in [4.78, 5) is 0. The van der Waals surface area contributed by atoms with E-state index in [0.29, 0.717) is 16.2 Å². The predicted molar refractivity (Wildman–Crippen MR) is 134 cm³/mol. The number of allylic oxidation sites excluding steroid dienone is 1. The highest BCUT2D eigenvalue weighted by Crippen LogP contribution is 2.39. The van der Waals surface area contributed by atoms with Crippen LogP contribution in [0.25, 0.3) is 0 Å². The summed E-state index contributed by atoms with van der Waals surface area (Å²) in [6, 6.07) is 10.6. The van der Waals surface area contributed by atoms with Crippen LogP contribution in [-0.2, 0) is 6.42 Å². The van der Waals surface area contributed by atoms with Gasteiger partial charge in [0.1, 0.15) is 0 Å². The van der Waals surface area contributed by atoms with Gasteiger partial charge in [-0.15, -0.1) is 6.58 Å². The average Bonchev–Trinajstić information content (AvgIpc) is 3.19. The zero-order valence-corrected chi connectivity index (χ0v) is 19.3. The molecule has 0 spiro atoms. The lowest BCUT2D eigenvalue weighted by Crippen LogP contribution is -2.08. The first-order valence-corrected chi connectivity index (χ1v) is 10.4. The maximum Gasteiger partial charge on any atom is -0.0230 e. The topological polar surface area (TPSA) is 0 Å². The fourth-order valence-electron chi connectivity index (χ4n) is 2.83. The van der Waals surface area contributed by atoms with Gasteiger partial charge in [0.2, 0.25) is 0 Å². The molecule has 0 aliphatic heterocycles. The highest BCUT2D eigenvalue weighted by atomic mass is 14.3. The first-order valence-electron chi connectivity index (χ1n) is 10.4. The van der Waals surface area contributed by atoms with Crippen LogP contribution in [0.4, 0.5) is 0 Å². The lowest BCUT2D eigenvalue weighted by molar-refractivity contribution is 0.354. The van der Waals surface area contributed by atoms with Crippen molar-refractivity contribution in [3.05, 3.63) is 48.6 Å². The van der Waals surface area contributed by atoms with Crippen LogP contribution in [0, 0.1) is 22.2 Å². The summed E-state index contributed by atoms with van der Waals surface area (Å²) in [7, 11) is 0. The third-order valence-electron chi connectivity index (χ3n) is 3.93. The third kappa shape index (κ3) is 25.0. The Bertz CT molecular complexity index is 470. The van der Waals surface area contributed by atoms with Crippen LogP contribution in [0.2, 0.25) is 0 Å². The maximum absolute atomic E-state index is 3.65. The Morgan fingerprint density at radius 3 is 1.46 bits per heavy atom. The fourth-order valence-corrected chi connectivity index (χ4v) is 2.83. The molecule has 0 amide bonds. The summed E-state index contributed by atoms with van der Waals surface area (Å²) in [6.45, 7) is 24.0. The molecule has 1 fully saturated rings. The molecule has 0 aromatic heterocycles. The van der Waals surface area contributed by atoms with Crippen LogP contribution in [0.3, 0.4) is 0 Å². The Morgan fingerprint density at radius 2 is 1.25 bits per heavy atom. The van der Waals surface area contributed by atoms with Gasteiger partial charge in [0, 0.05) is 0 Å². The number of hydrogen-bond donors (Lipinski definition) is 0. The van der Waals surface area contributed by atoms with Crippen LogP contribution < -0.4 is 0 Å². The minimum absolute atomic E-state index is 0. The van der Waals surface area contributed by atoms with Crippen LogP contribution in [0.5, 0.6) is 0 Å². The van der Waals surface area contributed by atoms with Gasteiger partial charge >= 0.3 is 0 Å². The van der Waals surface area contributed by atoms with Crippen LogP contribution >= 0.6 is 0 Å². The van der Waals surface area contributed by atoms with Gasteiger partial charge in [-0.25, -0.2) is 0 Å². The van der Waals surface area contributed by atoms with Gasteiger partial charge in [-0.2, -0.15) is 0 Å². The molecule has 0 saturated heterocycles. The largest absolute Gasteiger partial charge is 0.103 e. The normalized spacial score (nSPS) is 13.5. The van der Waals surface area contributed by atoms with Crippen molar-refractivity contribution in [2.45, 2.75) is 109 Å². The molecule has 1 aromatic carbocycles. The lowest BCUT2D eigenvalue weighted by Gasteiger charge is -2.17. The molecule has 0 nitrogen and oxygen atoms in total. The van der Waals surface area contributed by atoms with Crippen molar-refractivity contribution in [1.82, 2.24) is 0 Å². The summed E-state index contributed by atoms with van der Waals surface area (Å²) >= 11 is 0. The van der Waals surface area contributed by atoms with Gasteiger partial charge < -0.3 is 0 Å². The summed E-state index contributed by atoms with van der Waals surface area (Å²) in [5.41, 5.74) is 2.85. The van der Waals surface area contributed by atoms with E-state index in [0.717, 1.165) is 18.8 Å². The lowest BCUT2D eigenvalue weighted by atomic mass is 9.88. The van der Waals surface area contributed by atoms with E-state index in [-0.39, 0.29) is 14.9 Å². The molecule has 1 saturated carbocycles. The van der Waals surface area contributed by atoms with Crippen molar-refractivity contribution in [1.29, 1.82) is 0 Å². The third-order valence-corrected chi connectivity index (χ3v) is 3.93. The maximum atomic E-state index is 3.65. The minimum Gasteiger partial charge on any atom is -0.103 e. The summed E-state index contributed by atoms with van der Waals surface area (Å²) in [5, 5.41) is 0. The fraction of sp³-hybridized carbons (Fsp3) is 0.714. The van der Waals surface area contributed by atoms with E-state index in [1.165, 1.54) is 24.8 Å². The molecule has 1 aromatic rings. The van der Waals surface area contributed by atoms with Crippen molar-refractivity contribution >= 4 is 0 Å². The van der Waals surface area contributed by atoms with Gasteiger partial charge in [0.25, 0.3) is 0 Å². The second-order valence-corrected chi connectivity index (χ2v) is 11.5. The van der Waals surface area contributed by atoms with Crippen molar-refractivity contribution < 1.29 is 0 Å². The molecular formula is C28H54. The van der Waals surface area contributed by atoms with Crippen molar-refractivity contribution in [3.8, 4) is 0 Å². The first-order chi connectivity index (χ1) is 11.7. The molecule has 166 valence electrons. The van der Waals surface area contributed by atoms with Crippen LogP contribution in [0.15, 0.2) is 43.0 Å². The quantitative estimate of drug-likeness (QED) is 0.450. The Morgan fingerprint density at radius 1 is 0.786 bits per heavy atom. The summed E-state index contributed by atoms with van der Waals surface area (Å²) in [5.74, 6) is 1.09. The number of benzene rings is 1. The van der Waals surface area contributed by atoms with Gasteiger partial charge in [0.15, 0.2) is 0 Å². The molecule has 0 bridgehead atoms. The average molecular weight is 391 g/mol. The number of hydrogen-bond acceptors (Lipinski definition) is 0. The molecule has 1 aliphatic rings. The Kier molecular flexibility index (Phi) is 15.9. The predicted octanol–water partition coefficient (Wildman–Crippen LogP) is 9.99. The zero-order valence-electron chi connectivity index (χ0n) is 19.3. The van der Waals surface area contributed by atoms with Crippen LogP contribution in [0.1, 0.15) is 108 Å². The highest BCUT2D eigenvalue weighted by molar-refractivity contribution is 5.15. The van der Waals surface area contributed by atoms with E-state index in [1.54, 1.807) is 0 Å². The minimum atomic E-state index is 0. The van der Waals surface area contributed by atoms with Gasteiger partial charge in [0.05, 0.1) is 0 Å². The Labute approximate surface area is 180 Å². The molecule has 0 heterocycles. The molecule has 0 N–H and O–H groups in total. The van der Waals surface area contributed by atoms with Gasteiger partial charge in [-0.3, -0.25) is 0 Å². The summed E-state index contributed by atoms with van der Waals surface area (Å²) in [6.07, 6.45) is 8.66. The standard InChI is InChI=1S/C11H16.C8H16.C7H14.2CH4/c1-11(2,3)9-10-7-5-4-6-8-10;1-8(2,3)6-7-4-5-7;1-5-6-7(2,3)4;;/h4-8H,9H2,1-3H3;7H,4-6H2,1-3H3;5H,1,6H2,2-4H3;2*1H4. The SMILES string of the molecule is C.C.C=CCC(C)(C)C.CC(C)(C)CC1CC1.CC(C)(C)Cc1ccccc1. The van der Waals surface area contributed by atoms with Gasteiger partial charge in [-0.05, 0) is 47.0 Å². The molecule has 28 heavy (non-hydrogen) atoms. The Balaban J connectivity index is -0.000000333. The van der Waals surface area contributed by atoms with Crippen LogP contribution in [-0.4, -0.2) is 0 Å². The van der Waals surface area contributed by atoms with Crippen molar-refractivity contribution in [2.75, 3.05) is 0 Å². The van der Waals surface area contributed by atoms with E-state index < -0.39 is 0 Å². The van der Waals surface area contributed by atoms with E-state index in [2.05, 4.69) is 99.2 Å². The molecule has 0 atom stereocenters. The monoisotopic (exact) mass is 390 g/mol. The van der Waals surface area contributed by atoms with E-state index in [4.69, 9.17) is 0 Å². The molecule has 2 rings (SSSR count). The molecule has 0 radical (unpaired) electrons. The van der Waals surface area contributed by atoms with E-state index in [1.807, 2.05) is 6.08 Å². The molecule has 0 unspecified atom stereocenters. The second kappa shape index (κ2) is 14.0. The molecular weight excluding hydrogens is 336 g/mol. The Hall–Kier alpha value is -1.04.